The molecule has 0 spiro atoms. The minimum Gasteiger partial charge on any atom is -0.378 e. The van der Waals surface area contributed by atoms with Gasteiger partial charge in [0.1, 0.15) is 0 Å². The van der Waals surface area contributed by atoms with Gasteiger partial charge in [-0.2, -0.15) is 0 Å². The van der Waals surface area contributed by atoms with E-state index in [9.17, 15) is 9.90 Å². The van der Waals surface area contributed by atoms with Crippen molar-refractivity contribution in [3.05, 3.63) is 23.8 Å². The minimum absolute atomic E-state index is 0.234. The molecule has 0 radical (unpaired) electrons. The molecule has 2 aliphatic rings. The molecule has 4 heteroatoms. The van der Waals surface area contributed by atoms with Crippen LogP contribution in [0.15, 0.2) is 18.2 Å². The molecule has 1 fully saturated rings. The van der Waals surface area contributed by atoms with E-state index in [0.717, 1.165) is 35.9 Å². The highest BCUT2D eigenvalue weighted by Gasteiger charge is 2.34. The highest BCUT2D eigenvalue weighted by atomic mass is 16.3. The molecule has 0 bridgehead atoms. The molecule has 1 aromatic rings. The third-order valence-corrected chi connectivity index (χ3v) is 4.70. The van der Waals surface area contributed by atoms with Crippen LogP contribution in [0.4, 0.5) is 11.4 Å². The summed E-state index contributed by atoms with van der Waals surface area (Å²) < 4.78 is 0. The fourth-order valence-electron chi connectivity index (χ4n) is 3.32. The van der Waals surface area contributed by atoms with Crippen LogP contribution in [0.25, 0.3) is 0 Å². The van der Waals surface area contributed by atoms with Crippen LogP contribution in [-0.4, -0.2) is 31.2 Å². The number of benzene rings is 1. The summed E-state index contributed by atoms with van der Waals surface area (Å²) in [7, 11) is 1.73. The molecule has 108 valence electrons. The molecule has 2 atom stereocenters. The second kappa shape index (κ2) is 5.09. The second-order valence-electron chi connectivity index (χ2n) is 5.91. The van der Waals surface area contributed by atoms with E-state index in [0.29, 0.717) is 0 Å². The van der Waals surface area contributed by atoms with Gasteiger partial charge >= 0.3 is 0 Å². The van der Waals surface area contributed by atoms with Crippen molar-refractivity contribution in [1.82, 2.24) is 0 Å². The average molecular weight is 274 g/mol. The molecule has 3 rings (SSSR count). The van der Waals surface area contributed by atoms with Crippen LogP contribution in [0.1, 0.15) is 37.9 Å². The molecule has 20 heavy (non-hydrogen) atoms. The van der Waals surface area contributed by atoms with Crippen molar-refractivity contribution in [3.8, 4) is 0 Å². The molecule has 0 saturated carbocycles. The Kier molecular flexibility index (Phi) is 3.42. The van der Waals surface area contributed by atoms with E-state index < -0.39 is 6.10 Å². The van der Waals surface area contributed by atoms with Gasteiger partial charge in [0.15, 0.2) is 6.10 Å². The molecule has 2 heterocycles. The van der Waals surface area contributed by atoms with Gasteiger partial charge in [-0.05, 0) is 30.9 Å². The van der Waals surface area contributed by atoms with Gasteiger partial charge in [0.05, 0.1) is 5.69 Å². The van der Waals surface area contributed by atoms with E-state index in [2.05, 4.69) is 11.8 Å². The Hall–Kier alpha value is -1.55. The number of anilines is 2. The summed E-state index contributed by atoms with van der Waals surface area (Å²) in [5.41, 5.74) is 2.74. The Bertz CT molecular complexity index is 529. The Morgan fingerprint density at radius 2 is 2.20 bits per heavy atom. The number of piperidine rings is 1. The van der Waals surface area contributed by atoms with E-state index in [1.165, 1.54) is 19.3 Å². The van der Waals surface area contributed by atoms with Crippen LogP contribution < -0.4 is 9.80 Å². The van der Waals surface area contributed by atoms with Crippen molar-refractivity contribution >= 4 is 17.3 Å². The molecule has 2 unspecified atom stereocenters. The number of likely N-dealkylation sites (N-methyl/N-ethyl adjacent to an activating group) is 1. The highest BCUT2D eigenvalue weighted by Crippen LogP contribution is 2.38. The topological polar surface area (TPSA) is 43.8 Å². The third kappa shape index (κ3) is 2.08. The van der Waals surface area contributed by atoms with E-state index >= 15 is 0 Å². The number of carbonyl (C=O) groups excluding carboxylic acids is 1. The maximum atomic E-state index is 11.8. The first-order valence-electron chi connectivity index (χ1n) is 7.46. The zero-order valence-electron chi connectivity index (χ0n) is 12.2. The Labute approximate surface area is 120 Å². The maximum Gasteiger partial charge on any atom is 0.260 e. The van der Waals surface area contributed by atoms with Gasteiger partial charge in [0.2, 0.25) is 0 Å². The fourth-order valence-corrected chi connectivity index (χ4v) is 3.32. The number of hydrogen-bond donors (Lipinski definition) is 1. The van der Waals surface area contributed by atoms with Crippen LogP contribution >= 0.6 is 0 Å². The van der Waals surface area contributed by atoms with E-state index in [1.807, 2.05) is 18.2 Å². The summed E-state index contributed by atoms with van der Waals surface area (Å²) in [6.45, 7) is 4.42. The lowest BCUT2D eigenvalue weighted by molar-refractivity contribution is -0.125. The molecule has 0 aromatic heterocycles. The first-order valence-corrected chi connectivity index (χ1v) is 7.46. The first-order chi connectivity index (χ1) is 9.61. The summed E-state index contributed by atoms with van der Waals surface area (Å²) in [5, 5.41) is 9.90. The summed E-state index contributed by atoms with van der Waals surface area (Å²) in [6, 6.07) is 5.97. The molecular weight excluding hydrogens is 252 g/mol. The van der Waals surface area contributed by atoms with Gasteiger partial charge in [0.25, 0.3) is 5.91 Å². The van der Waals surface area contributed by atoms with E-state index in [1.54, 1.807) is 11.9 Å². The summed E-state index contributed by atoms with van der Waals surface area (Å²) in [5.74, 6) is 0.532. The summed E-state index contributed by atoms with van der Waals surface area (Å²) in [4.78, 5) is 15.8. The standard InChI is InChI=1S/C16H22N2O2/c1-3-11-5-4-8-18(10-11)12-6-7-13-14(9-12)17(2)16(20)15(13)19/h6-7,9,11,15,19H,3-5,8,10H2,1-2H3. The molecule has 4 nitrogen and oxygen atoms in total. The smallest absolute Gasteiger partial charge is 0.260 e. The molecule has 1 N–H and O–H groups in total. The van der Waals surface area contributed by atoms with Gasteiger partial charge in [-0.1, -0.05) is 19.4 Å². The number of aliphatic hydroxyl groups excluding tert-OH is 1. The van der Waals surface area contributed by atoms with Gasteiger partial charge < -0.3 is 14.9 Å². The van der Waals surface area contributed by atoms with Gasteiger partial charge in [-0.25, -0.2) is 0 Å². The van der Waals surface area contributed by atoms with E-state index in [-0.39, 0.29) is 5.91 Å². The SMILES string of the molecule is CCC1CCCN(c2ccc3c(c2)N(C)C(=O)C3O)C1. The zero-order valence-corrected chi connectivity index (χ0v) is 12.2. The molecule has 2 aliphatic heterocycles. The Morgan fingerprint density at radius 1 is 1.40 bits per heavy atom. The van der Waals surface area contributed by atoms with E-state index in [4.69, 9.17) is 0 Å². The summed E-state index contributed by atoms with van der Waals surface area (Å²) >= 11 is 0. The molecule has 1 saturated heterocycles. The van der Waals surface area contributed by atoms with Crippen molar-refractivity contribution in [3.63, 3.8) is 0 Å². The van der Waals surface area contributed by atoms with Crippen LogP contribution in [0, 0.1) is 5.92 Å². The number of rotatable bonds is 2. The molecule has 1 amide bonds. The van der Waals surface area contributed by atoms with Crippen LogP contribution in [-0.2, 0) is 4.79 Å². The molecular formula is C16H22N2O2. The minimum atomic E-state index is -0.992. The van der Waals surface area contributed by atoms with Crippen LogP contribution in [0.5, 0.6) is 0 Å². The molecule has 1 aromatic carbocycles. The predicted molar refractivity (Wildman–Crippen MR) is 80.0 cm³/mol. The first kappa shape index (κ1) is 13.4. The average Bonchev–Trinajstić information content (AvgIpc) is 2.72. The number of carbonyl (C=O) groups is 1. The second-order valence-corrected chi connectivity index (χ2v) is 5.91. The number of nitrogens with zero attached hydrogens (tertiary/aromatic N) is 2. The number of hydrogen-bond acceptors (Lipinski definition) is 3. The lowest BCUT2D eigenvalue weighted by Gasteiger charge is -2.34. The monoisotopic (exact) mass is 274 g/mol. The zero-order chi connectivity index (χ0) is 14.3. The van der Waals surface area contributed by atoms with Crippen LogP contribution in [0.2, 0.25) is 0 Å². The number of fused-ring (bicyclic) bond motifs is 1. The normalized spacial score (nSPS) is 26.1. The number of aliphatic hydroxyl groups is 1. The van der Waals surface area contributed by atoms with Crippen molar-refractivity contribution in [1.29, 1.82) is 0 Å². The van der Waals surface area contributed by atoms with Crippen molar-refractivity contribution in [2.45, 2.75) is 32.3 Å². The molecule has 0 aliphatic carbocycles. The Balaban J connectivity index is 1.88. The van der Waals surface area contributed by atoms with Crippen molar-refractivity contribution < 1.29 is 9.90 Å². The lowest BCUT2D eigenvalue weighted by Crippen LogP contribution is -2.35. The lowest BCUT2D eigenvalue weighted by atomic mass is 9.95. The van der Waals surface area contributed by atoms with Gasteiger partial charge in [0, 0.05) is 31.4 Å². The van der Waals surface area contributed by atoms with Crippen molar-refractivity contribution in [2.24, 2.45) is 5.92 Å². The maximum absolute atomic E-state index is 11.8. The fraction of sp³-hybridized carbons (Fsp3) is 0.562. The van der Waals surface area contributed by atoms with Gasteiger partial charge in [-0.3, -0.25) is 4.79 Å². The summed E-state index contributed by atoms with van der Waals surface area (Å²) in [6.07, 6.45) is 2.77. The quantitative estimate of drug-likeness (QED) is 0.900. The van der Waals surface area contributed by atoms with Crippen LogP contribution in [0.3, 0.4) is 0 Å². The predicted octanol–water partition coefficient (Wildman–Crippen LogP) is 2.32. The largest absolute Gasteiger partial charge is 0.378 e. The van der Waals surface area contributed by atoms with Crippen molar-refractivity contribution in [2.75, 3.05) is 29.9 Å². The van der Waals surface area contributed by atoms with Gasteiger partial charge in [-0.15, -0.1) is 0 Å². The number of amides is 1. The third-order valence-electron chi connectivity index (χ3n) is 4.70. The highest BCUT2D eigenvalue weighted by molar-refractivity contribution is 6.03. The Morgan fingerprint density at radius 3 is 2.95 bits per heavy atom.